The Hall–Kier alpha value is -1.57. The largest absolute Gasteiger partial charge is 0.288 e. The smallest absolute Gasteiger partial charge is 0.185 e. The molecule has 5 heteroatoms. The first-order chi connectivity index (χ1) is 9.16. The van der Waals surface area contributed by atoms with E-state index in [1.54, 1.807) is 6.92 Å². The summed E-state index contributed by atoms with van der Waals surface area (Å²) >= 11 is 7.25. The van der Waals surface area contributed by atoms with Gasteiger partial charge in [-0.3, -0.25) is 4.79 Å². The van der Waals surface area contributed by atoms with Gasteiger partial charge in [0.2, 0.25) is 0 Å². The Morgan fingerprint density at radius 2 is 2.26 bits per heavy atom. The number of hydrogen-bond donors (Lipinski definition) is 0. The average Bonchev–Trinajstić information content (AvgIpc) is 2.38. The van der Waals surface area contributed by atoms with E-state index in [0.29, 0.717) is 11.6 Å². The number of halogens is 1. The van der Waals surface area contributed by atoms with Crippen LogP contribution in [0.4, 0.5) is 0 Å². The molecule has 0 saturated heterocycles. The summed E-state index contributed by atoms with van der Waals surface area (Å²) in [6.45, 7) is 1.56. The van der Waals surface area contributed by atoms with E-state index in [4.69, 9.17) is 11.6 Å². The fourth-order valence-corrected chi connectivity index (χ4v) is 2.21. The van der Waals surface area contributed by atoms with Crippen molar-refractivity contribution in [3.8, 4) is 11.8 Å². The van der Waals surface area contributed by atoms with E-state index in [2.05, 4.69) is 21.8 Å². The van der Waals surface area contributed by atoms with Crippen LogP contribution < -0.4 is 0 Å². The maximum atomic E-state index is 10.7. The number of benzene rings is 1. The zero-order valence-electron chi connectivity index (χ0n) is 10.3. The zero-order chi connectivity index (χ0) is 13.7. The van der Waals surface area contributed by atoms with Crippen LogP contribution in [0.2, 0.25) is 5.15 Å². The lowest BCUT2D eigenvalue weighted by Crippen LogP contribution is -1.86. The maximum Gasteiger partial charge on any atom is 0.185 e. The van der Waals surface area contributed by atoms with E-state index in [1.807, 2.05) is 18.2 Å². The van der Waals surface area contributed by atoms with Crippen LogP contribution in [0.25, 0.3) is 10.9 Å². The first kappa shape index (κ1) is 13.9. The molecular formula is C14H11ClN2OS. The Labute approximate surface area is 120 Å². The molecule has 0 aliphatic heterocycles. The van der Waals surface area contributed by atoms with Crippen LogP contribution in [0.3, 0.4) is 0 Å². The summed E-state index contributed by atoms with van der Waals surface area (Å²) in [5.74, 6) is 6.81. The minimum absolute atomic E-state index is 0.124. The van der Waals surface area contributed by atoms with Crippen molar-refractivity contribution in [2.24, 2.45) is 0 Å². The Bertz CT molecular complexity index is 676. The van der Waals surface area contributed by atoms with Crippen molar-refractivity contribution >= 4 is 39.4 Å². The predicted octanol–water partition coefficient (Wildman–Crippen LogP) is 3.30. The van der Waals surface area contributed by atoms with E-state index in [0.717, 1.165) is 22.2 Å². The van der Waals surface area contributed by atoms with Crippen LogP contribution in [0.5, 0.6) is 0 Å². The molecule has 3 nitrogen and oxygen atoms in total. The number of rotatable bonds is 2. The van der Waals surface area contributed by atoms with Gasteiger partial charge in [0, 0.05) is 30.0 Å². The molecular weight excluding hydrogens is 280 g/mol. The Morgan fingerprint density at radius 1 is 1.42 bits per heavy atom. The van der Waals surface area contributed by atoms with Gasteiger partial charge >= 0.3 is 0 Å². The van der Waals surface area contributed by atoms with Crippen molar-refractivity contribution in [2.45, 2.75) is 13.3 Å². The Balaban J connectivity index is 2.10. The van der Waals surface area contributed by atoms with E-state index in [9.17, 15) is 4.79 Å². The van der Waals surface area contributed by atoms with Crippen LogP contribution in [0.15, 0.2) is 24.5 Å². The highest BCUT2D eigenvalue weighted by molar-refractivity contribution is 8.13. The molecule has 1 heterocycles. The lowest BCUT2D eigenvalue weighted by atomic mass is 10.1. The molecule has 0 amide bonds. The molecule has 0 saturated carbocycles. The SMILES string of the molecule is CC(=O)SCCC#Cc1ccc2c(Cl)ncnc2c1. The highest BCUT2D eigenvalue weighted by Crippen LogP contribution is 2.19. The van der Waals surface area contributed by atoms with Gasteiger partial charge in [0.05, 0.1) is 5.52 Å². The van der Waals surface area contributed by atoms with E-state index < -0.39 is 0 Å². The number of carbonyl (C=O) groups excluding carboxylic acids is 1. The molecule has 0 N–H and O–H groups in total. The lowest BCUT2D eigenvalue weighted by Gasteiger charge is -1.98. The van der Waals surface area contributed by atoms with Crippen molar-refractivity contribution in [2.75, 3.05) is 5.75 Å². The number of nitrogens with zero attached hydrogens (tertiary/aromatic N) is 2. The number of thioether (sulfide) groups is 1. The number of carbonyl (C=O) groups is 1. The predicted molar refractivity (Wildman–Crippen MR) is 79.2 cm³/mol. The molecule has 0 aliphatic rings. The summed E-state index contributed by atoms with van der Waals surface area (Å²) in [7, 11) is 0. The second-order valence-electron chi connectivity index (χ2n) is 3.79. The van der Waals surface area contributed by atoms with Crippen LogP contribution in [-0.2, 0) is 4.79 Å². The summed E-state index contributed by atoms with van der Waals surface area (Å²) in [5.41, 5.74) is 1.67. The molecule has 0 aliphatic carbocycles. The first-order valence-electron chi connectivity index (χ1n) is 5.69. The monoisotopic (exact) mass is 290 g/mol. The second-order valence-corrected chi connectivity index (χ2v) is 5.42. The highest BCUT2D eigenvalue weighted by atomic mass is 35.5. The molecule has 2 rings (SSSR count). The average molecular weight is 291 g/mol. The van der Waals surface area contributed by atoms with Gasteiger partial charge in [-0.1, -0.05) is 35.2 Å². The summed E-state index contributed by atoms with van der Waals surface area (Å²) in [4.78, 5) is 18.8. The molecule has 0 unspecified atom stereocenters. The van der Waals surface area contributed by atoms with Crippen LogP contribution in [-0.4, -0.2) is 20.8 Å². The van der Waals surface area contributed by atoms with Gasteiger partial charge in [0.15, 0.2) is 5.12 Å². The normalized spacial score (nSPS) is 10.0. The van der Waals surface area contributed by atoms with Gasteiger partial charge in [-0.05, 0) is 18.2 Å². The second kappa shape index (κ2) is 6.55. The van der Waals surface area contributed by atoms with Crippen molar-refractivity contribution in [3.63, 3.8) is 0 Å². The Kier molecular flexibility index (Phi) is 4.78. The molecule has 0 spiro atoms. The van der Waals surface area contributed by atoms with Crippen molar-refractivity contribution < 1.29 is 4.79 Å². The van der Waals surface area contributed by atoms with Crippen LogP contribution in [0.1, 0.15) is 18.9 Å². The highest BCUT2D eigenvalue weighted by Gasteiger charge is 2.00. The number of aromatic nitrogens is 2. The molecule has 19 heavy (non-hydrogen) atoms. The van der Waals surface area contributed by atoms with Crippen LogP contribution in [0, 0.1) is 11.8 Å². The fourth-order valence-electron chi connectivity index (χ4n) is 1.51. The standard InChI is InChI=1S/C14H11ClN2OS/c1-10(18)19-7-3-2-4-11-5-6-12-13(8-11)16-9-17-14(12)15/h5-6,8-9H,3,7H2,1H3. The summed E-state index contributed by atoms with van der Waals surface area (Å²) in [5, 5.41) is 1.39. The summed E-state index contributed by atoms with van der Waals surface area (Å²) in [6.07, 6.45) is 2.12. The fraction of sp³-hybridized carbons (Fsp3) is 0.214. The van der Waals surface area contributed by atoms with E-state index in [1.165, 1.54) is 18.1 Å². The van der Waals surface area contributed by atoms with Gasteiger partial charge < -0.3 is 0 Å². The molecule has 0 atom stereocenters. The molecule has 0 radical (unpaired) electrons. The first-order valence-corrected chi connectivity index (χ1v) is 7.05. The third-order valence-corrected chi connectivity index (χ3v) is 3.47. The molecule has 2 aromatic rings. The third-order valence-electron chi connectivity index (χ3n) is 2.35. The minimum atomic E-state index is 0.124. The minimum Gasteiger partial charge on any atom is -0.288 e. The topological polar surface area (TPSA) is 42.9 Å². The molecule has 0 bridgehead atoms. The molecule has 1 aromatic carbocycles. The summed E-state index contributed by atoms with van der Waals surface area (Å²) < 4.78 is 0. The molecule has 96 valence electrons. The van der Waals surface area contributed by atoms with E-state index >= 15 is 0 Å². The van der Waals surface area contributed by atoms with Gasteiger partial charge in [-0.2, -0.15) is 0 Å². The van der Waals surface area contributed by atoms with Crippen molar-refractivity contribution in [3.05, 3.63) is 35.2 Å². The lowest BCUT2D eigenvalue weighted by molar-refractivity contribution is -0.109. The van der Waals surface area contributed by atoms with Gasteiger partial charge in [0.1, 0.15) is 11.5 Å². The van der Waals surface area contributed by atoms with E-state index in [-0.39, 0.29) is 5.12 Å². The molecule has 1 aromatic heterocycles. The molecule has 0 fully saturated rings. The number of fused-ring (bicyclic) bond motifs is 1. The van der Waals surface area contributed by atoms with Crippen LogP contribution >= 0.6 is 23.4 Å². The third kappa shape index (κ3) is 3.95. The quantitative estimate of drug-likeness (QED) is 0.483. The van der Waals surface area contributed by atoms with Crippen molar-refractivity contribution in [1.82, 2.24) is 9.97 Å². The zero-order valence-corrected chi connectivity index (χ0v) is 11.9. The number of hydrogen-bond acceptors (Lipinski definition) is 4. The van der Waals surface area contributed by atoms with Gasteiger partial charge in [-0.25, -0.2) is 9.97 Å². The van der Waals surface area contributed by atoms with Gasteiger partial charge in [-0.15, -0.1) is 0 Å². The maximum absolute atomic E-state index is 10.7. The summed E-state index contributed by atoms with van der Waals surface area (Å²) in [6, 6.07) is 5.64. The van der Waals surface area contributed by atoms with Crippen molar-refractivity contribution in [1.29, 1.82) is 0 Å². The Morgan fingerprint density at radius 3 is 3.05 bits per heavy atom. The van der Waals surface area contributed by atoms with Gasteiger partial charge in [0.25, 0.3) is 0 Å².